The van der Waals surface area contributed by atoms with Crippen molar-refractivity contribution in [3.8, 4) is 0 Å². The first-order valence-electron chi connectivity index (χ1n) is 5.43. The van der Waals surface area contributed by atoms with Gasteiger partial charge >= 0.3 is 11.9 Å². The summed E-state index contributed by atoms with van der Waals surface area (Å²) in [4.78, 5) is 22.0. The van der Waals surface area contributed by atoms with Gasteiger partial charge in [-0.15, -0.1) is 0 Å². The second kappa shape index (κ2) is 4.45. The highest BCUT2D eigenvalue weighted by atomic mass is 16.4. The summed E-state index contributed by atoms with van der Waals surface area (Å²) in [5.74, 6) is -1.86. The van der Waals surface area contributed by atoms with Crippen LogP contribution in [-0.2, 0) is 0 Å². The molecule has 1 aromatic carbocycles. The fourth-order valence-electron chi connectivity index (χ4n) is 1.68. The molecule has 0 heterocycles. The largest absolute Gasteiger partial charge is 0.478 e. The van der Waals surface area contributed by atoms with Gasteiger partial charge in [-0.1, -0.05) is 6.07 Å². The Morgan fingerprint density at radius 2 is 1.94 bits per heavy atom. The van der Waals surface area contributed by atoms with Crippen LogP contribution in [0.4, 0.5) is 5.69 Å². The van der Waals surface area contributed by atoms with Crippen LogP contribution < -0.4 is 5.32 Å². The van der Waals surface area contributed by atoms with Crippen LogP contribution in [0, 0.1) is 5.92 Å². The standard InChI is InChI=1S/C12H13NO4/c14-11(15)8-2-1-3-9(10(8)12(16)17)13-6-7-4-5-7/h1-3,7,13H,4-6H2,(H,14,15)(H,16,17). The lowest BCUT2D eigenvalue weighted by atomic mass is 10.1. The van der Waals surface area contributed by atoms with E-state index in [1.165, 1.54) is 6.07 Å². The number of carboxylic acid groups (broad SMARTS) is 2. The van der Waals surface area contributed by atoms with E-state index in [-0.39, 0.29) is 11.1 Å². The molecular formula is C12H13NO4. The molecule has 0 aromatic heterocycles. The SMILES string of the molecule is O=C(O)c1cccc(NCC2CC2)c1C(=O)O. The lowest BCUT2D eigenvalue weighted by molar-refractivity contribution is 0.0652. The van der Waals surface area contributed by atoms with Crippen molar-refractivity contribution in [2.24, 2.45) is 5.92 Å². The Hall–Kier alpha value is -2.04. The number of rotatable bonds is 5. The number of aromatic carboxylic acids is 2. The van der Waals surface area contributed by atoms with Gasteiger partial charge in [-0.3, -0.25) is 0 Å². The molecule has 1 saturated carbocycles. The Morgan fingerprint density at radius 3 is 2.47 bits per heavy atom. The molecule has 0 unspecified atom stereocenters. The number of anilines is 1. The Bertz CT molecular complexity index is 466. The van der Waals surface area contributed by atoms with Gasteiger partial charge in [-0.05, 0) is 30.9 Å². The quantitative estimate of drug-likeness (QED) is 0.725. The van der Waals surface area contributed by atoms with Gasteiger partial charge in [0.2, 0.25) is 0 Å². The summed E-state index contributed by atoms with van der Waals surface area (Å²) in [5, 5.41) is 21.0. The van der Waals surface area contributed by atoms with Crippen LogP contribution in [0.5, 0.6) is 0 Å². The van der Waals surface area contributed by atoms with E-state index in [0.717, 1.165) is 12.8 Å². The maximum atomic E-state index is 11.1. The summed E-state index contributed by atoms with van der Waals surface area (Å²) in [6.07, 6.45) is 2.29. The van der Waals surface area contributed by atoms with Crippen LogP contribution >= 0.6 is 0 Å². The molecule has 2 rings (SSSR count). The lowest BCUT2D eigenvalue weighted by Crippen LogP contribution is -2.13. The van der Waals surface area contributed by atoms with E-state index in [1.54, 1.807) is 12.1 Å². The van der Waals surface area contributed by atoms with Crippen molar-refractivity contribution >= 4 is 17.6 Å². The maximum Gasteiger partial charge on any atom is 0.338 e. The molecule has 1 fully saturated rings. The zero-order valence-corrected chi connectivity index (χ0v) is 9.14. The molecule has 1 aliphatic carbocycles. The van der Waals surface area contributed by atoms with Gasteiger partial charge in [0.15, 0.2) is 0 Å². The first kappa shape index (κ1) is 11.4. The van der Waals surface area contributed by atoms with Crippen LogP contribution in [0.25, 0.3) is 0 Å². The lowest BCUT2D eigenvalue weighted by Gasteiger charge is -2.10. The molecule has 5 nitrogen and oxygen atoms in total. The summed E-state index contributed by atoms with van der Waals surface area (Å²) in [6.45, 7) is 0.698. The molecule has 0 aliphatic heterocycles. The number of carbonyl (C=O) groups is 2. The van der Waals surface area contributed by atoms with Gasteiger partial charge < -0.3 is 15.5 Å². The first-order chi connectivity index (χ1) is 8.09. The third-order valence-electron chi connectivity index (χ3n) is 2.79. The van der Waals surface area contributed by atoms with Crippen LogP contribution in [-0.4, -0.2) is 28.7 Å². The molecule has 0 saturated heterocycles. The molecule has 0 radical (unpaired) electrons. The number of carboxylic acids is 2. The highest BCUT2D eigenvalue weighted by Gasteiger charge is 2.23. The van der Waals surface area contributed by atoms with Gasteiger partial charge in [-0.25, -0.2) is 9.59 Å². The average Bonchev–Trinajstić information content (AvgIpc) is 3.09. The van der Waals surface area contributed by atoms with E-state index in [2.05, 4.69) is 5.32 Å². The Kier molecular flexibility index (Phi) is 2.99. The van der Waals surface area contributed by atoms with Crippen molar-refractivity contribution < 1.29 is 19.8 Å². The van der Waals surface area contributed by atoms with E-state index in [4.69, 9.17) is 10.2 Å². The summed E-state index contributed by atoms with van der Waals surface area (Å²) < 4.78 is 0. The zero-order chi connectivity index (χ0) is 12.4. The van der Waals surface area contributed by atoms with Crippen molar-refractivity contribution in [1.29, 1.82) is 0 Å². The molecule has 0 bridgehead atoms. The summed E-state index contributed by atoms with van der Waals surface area (Å²) in [6, 6.07) is 4.44. The maximum absolute atomic E-state index is 11.1. The van der Waals surface area contributed by atoms with E-state index in [1.807, 2.05) is 0 Å². The molecule has 5 heteroatoms. The van der Waals surface area contributed by atoms with Crippen LogP contribution in [0.2, 0.25) is 0 Å². The normalized spacial score (nSPS) is 14.4. The average molecular weight is 235 g/mol. The second-order valence-corrected chi connectivity index (χ2v) is 4.16. The topological polar surface area (TPSA) is 86.6 Å². The molecule has 0 spiro atoms. The molecule has 0 atom stereocenters. The molecule has 90 valence electrons. The predicted molar refractivity (Wildman–Crippen MR) is 61.6 cm³/mol. The number of hydrogen-bond acceptors (Lipinski definition) is 3. The van der Waals surface area contributed by atoms with E-state index in [9.17, 15) is 9.59 Å². The smallest absolute Gasteiger partial charge is 0.338 e. The van der Waals surface area contributed by atoms with Gasteiger partial charge in [0.05, 0.1) is 11.1 Å². The van der Waals surface area contributed by atoms with Crippen molar-refractivity contribution in [1.82, 2.24) is 0 Å². The second-order valence-electron chi connectivity index (χ2n) is 4.16. The summed E-state index contributed by atoms with van der Waals surface area (Å²) in [7, 11) is 0. The first-order valence-corrected chi connectivity index (χ1v) is 5.43. The molecule has 1 aromatic rings. The third kappa shape index (κ3) is 2.55. The Morgan fingerprint density at radius 1 is 1.24 bits per heavy atom. The molecule has 1 aliphatic rings. The number of nitrogens with one attached hydrogen (secondary N) is 1. The van der Waals surface area contributed by atoms with Crippen molar-refractivity contribution in [3.05, 3.63) is 29.3 Å². The summed E-state index contributed by atoms with van der Waals surface area (Å²) in [5.41, 5.74) is 0.0308. The fourth-order valence-corrected chi connectivity index (χ4v) is 1.68. The third-order valence-corrected chi connectivity index (χ3v) is 2.79. The van der Waals surface area contributed by atoms with Gasteiger partial charge in [0, 0.05) is 12.2 Å². The van der Waals surface area contributed by atoms with Gasteiger partial charge in [0.1, 0.15) is 0 Å². The molecular weight excluding hydrogens is 222 g/mol. The summed E-state index contributed by atoms with van der Waals surface area (Å²) >= 11 is 0. The molecule has 0 amide bonds. The predicted octanol–water partition coefficient (Wildman–Crippen LogP) is 1.90. The minimum absolute atomic E-state index is 0.166. The number of benzene rings is 1. The monoisotopic (exact) mass is 235 g/mol. The van der Waals surface area contributed by atoms with Gasteiger partial charge in [-0.2, -0.15) is 0 Å². The van der Waals surface area contributed by atoms with Crippen LogP contribution in [0.3, 0.4) is 0 Å². The highest BCUT2D eigenvalue weighted by Crippen LogP contribution is 2.30. The van der Waals surface area contributed by atoms with Gasteiger partial charge in [0.25, 0.3) is 0 Å². The fraction of sp³-hybridized carbons (Fsp3) is 0.333. The Balaban J connectivity index is 2.31. The minimum atomic E-state index is -1.22. The van der Waals surface area contributed by atoms with Crippen LogP contribution in [0.15, 0.2) is 18.2 Å². The Labute approximate surface area is 98.1 Å². The van der Waals surface area contributed by atoms with Crippen molar-refractivity contribution in [2.75, 3.05) is 11.9 Å². The number of hydrogen-bond donors (Lipinski definition) is 3. The van der Waals surface area contributed by atoms with E-state index < -0.39 is 11.9 Å². The highest BCUT2D eigenvalue weighted by molar-refractivity contribution is 6.05. The van der Waals surface area contributed by atoms with E-state index in [0.29, 0.717) is 18.2 Å². The van der Waals surface area contributed by atoms with Crippen molar-refractivity contribution in [3.63, 3.8) is 0 Å². The molecule has 3 N–H and O–H groups in total. The zero-order valence-electron chi connectivity index (χ0n) is 9.14. The minimum Gasteiger partial charge on any atom is -0.478 e. The van der Waals surface area contributed by atoms with Crippen LogP contribution in [0.1, 0.15) is 33.6 Å². The molecule has 17 heavy (non-hydrogen) atoms. The van der Waals surface area contributed by atoms with E-state index >= 15 is 0 Å². The van der Waals surface area contributed by atoms with Crippen molar-refractivity contribution in [2.45, 2.75) is 12.8 Å².